The molecule has 2 aliphatic heterocycles. The number of carbonyl (C=O) groups is 4. The number of rotatable bonds is 6. The lowest BCUT2D eigenvalue weighted by atomic mass is 9.85. The SMILES string of the molecule is CC(C)CC(=O)N1CCCN(C(=O)CCC2(c3ccc(F)cc3)NC(=O)NC2=O)CCNCc2ccccc21.Cl. The predicted molar refractivity (Wildman–Crippen MR) is 152 cm³/mol. The molecular formula is C29H37ClFN5O4. The molecule has 0 bridgehead atoms. The van der Waals surface area contributed by atoms with Crippen molar-refractivity contribution in [3.05, 3.63) is 65.5 Å². The first-order valence-corrected chi connectivity index (χ1v) is 13.5. The summed E-state index contributed by atoms with van der Waals surface area (Å²) in [4.78, 5) is 55.0. The number of para-hydroxylation sites is 1. The summed E-state index contributed by atoms with van der Waals surface area (Å²) < 4.78 is 13.5. The Morgan fingerprint density at radius 2 is 1.73 bits per heavy atom. The summed E-state index contributed by atoms with van der Waals surface area (Å²) in [7, 11) is 0. The second-order valence-electron chi connectivity index (χ2n) is 10.5. The average Bonchev–Trinajstić information content (AvgIpc) is 3.17. The van der Waals surface area contributed by atoms with E-state index in [1.165, 1.54) is 24.3 Å². The van der Waals surface area contributed by atoms with Crippen molar-refractivity contribution in [2.75, 3.05) is 31.1 Å². The third-order valence-electron chi connectivity index (χ3n) is 7.20. The number of amides is 5. The summed E-state index contributed by atoms with van der Waals surface area (Å²) in [6.07, 6.45) is 1.05. The molecule has 216 valence electrons. The van der Waals surface area contributed by atoms with Gasteiger partial charge in [0.2, 0.25) is 11.8 Å². The van der Waals surface area contributed by atoms with E-state index in [0.29, 0.717) is 51.1 Å². The molecule has 0 spiro atoms. The normalized spacial score (nSPS) is 19.7. The van der Waals surface area contributed by atoms with E-state index < -0.39 is 23.3 Å². The molecule has 0 saturated carbocycles. The summed E-state index contributed by atoms with van der Waals surface area (Å²) in [5.74, 6) is -0.916. The lowest BCUT2D eigenvalue weighted by molar-refractivity contribution is -0.132. The van der Waals surface area contributed by atoms with E-state index in [1.54, 1.807) is 4.90 Å². The van der Waals surface area contributed by atoms with Crippen LogP contribution in [0.2, 0.25) is 0 Å². The van der Waals surface area contributed by atoms with E-state index in [4.69, 9.17) is 0 Å². The van der Waals surface area contributed by atoms with Crippen molar-refractivity contribution < 1.29 is 23.6 Å². The molecule has 1 fully saturated rings. The molecule has 2 aliphatic rings. The Kier molecular flexibility index (Phi) is 10.6. The van der Waals surface area contributed by atoms with Crippen LogP contribution in [0.1, 0.15) is 50.7 Å². The van der Waals surface area contributed by atoms with Gasteiger partial charge in [-0.3, -0.25) is 19.7 Å². The molecule has 11 heteroatoms. The van der Waals surface area contributed by atoms with Crippen LogP contribution in [0, 0.1) is 11.7 Å². The Labute approximate surface area is 240 Å². The first-order valence-electron chi connectivity index (χ1n) is 13.5. The fourth-order valence-corrected chi connectivity index (χ4v) is 5.18. The molecule has 9 nitrogen and oxygen atoms in total. The van der Waals surface area contributed by atoms with Gasteiger partial charge in [0.25, 0.3) is 5.91 Å². The first kappa shape index (κ1) is 31.0. The molecule has 1 saturated heterocycles. The first-order chi connectivity index (χ1) is 18.7. The molecule has 1 atom stereocenters. The highest BCUT2D eigenvalue weighted by Crippen LogP contribution is 2.31. The van der Waals surface area contributed by atoms with Gasteiger partial charge >= 0.3 is 6.03 Å². The van der Waals surface area contributed by atoms with Crippen LogP contribution in [0.25, 0.3) is 0 Å². The van der Waals surface area contributed by atoms with Gasteiger partial charge < -0.3 is 20.4 Å². The number of fused-ring (bicyclic) bond motifs is 1. The van der Waals surface area contributed by atoms with Crippen LogP contribution in [0.3, 0.4) is 0 Å². The minimum absolute atomic E-state index is 0. The van der Waals surface area contributed by atoms with Crippen LogP contribution < -0.4 is 20.9 Å². The standard InChI is InChI=1S/C29H36FN5O4.ClH/c1-20(2)18-26(37)35-16-5-15-34(17-14-31-19-21-6-3-4-7-24(21)35)25(36)12-13-29(27(38)32-28(39)33-29)22-8-10-23(30)11-9-22;/h3-4,6-11,20,31H,5,12-19H2,1-2H3,(H2,32,33,38,39);1H. The number of hydrogen-bond acceptors (Lipinski definition) is 5. The Bertz CT molecular complexity index is 1230. The number of anilines is 1. The fraction of sp³-hybridized carbons (Fsp3) is 0.448. The highest BCUT2D eigenvalue weighted by molar-refractivity contribution is 6.07. The van der Waals surface area contributed by atoms with Crippen LogP contribution in [0.5, 0.6) is 0 Å². The maximum absolute atomic E-state index is 13.5. The molecule has 0 radical (unpaired) electrons. The number of benzene rings is 2. The van der Waals surface area contributed by atoms with Crippen LogP contribution in [-0.4, -0.2) is 54.8 Å². The highest BCUT2D eigenvalue weighted by Gasteiger charge is 2.47. The third-order valence-corrected chi connectivity index (χ3v) is 7.20. The van der Waals surface area contributed by atoms with Crippen LogP contribution in [-0.2, 0) is 26.5 Å². The smallest absolute Gasteiger partial charge is 0.322 e. The zero-order valence-corrected chi connectivity index (χ0v) is 23.7. The fourth-order valence-electron chi connectivity index (χ4n) is 5.18. The van der Waals surface area contributed by atoms with Gasteiger partial charge in [0.1, 0.15) is 11.4 Å². The lowest BCUT2D eigenvalue weighted by Crippen LogP contribution is -2.45. The number of imide groups is 1. The summed E-state index contributed by atoms with van der Waals surface area (Å²) >= 11 is 0. The molecule has 2 heterocycles. The van der Waals surface area contributed by atoms with Crippen molar-refractivity contribution in [1.82, 2.24) is 20.9 Å². The number of urea groups is 1. The van der Waals surface area contributed by atoms with Crippen molar-refractivity contribution >= 4 is 41.8 Å². The van der Waals surface area contributed by atoms with Crippen LogP contribution in [0.4, 0.5) is 14.9 Å². The van der Waals surface area contributed by atoms with Gasteiger partial charge in [0.15, 0.2) is 0 Å². The van der Waals surface area contributed by atoms with Gasteiger partial charge in [0, 0.05) is 51.3 Å². The van der Waals surface area contributed by atoms with Gasteiger partial charge in [-0.2, -0.15) is 0 Å². The molecule has 4 rings (SSSR count). The zero-order chi connectivity index (χ0) is 28.0. The summed E-state index contributed by atoms with van der Waals surface area (Å²) in [5, 5.41) is 8.29. The lowest BCUT2D eigenvalue weighted by Gasteiger charge is -2.29. The molecule has 2 aromatic carbocycles. The molecule has 0 aromatic heterocycles. The Morgan fingerprint density at radius 3 is 2.40 bits per heavy atom. The van der Waals surface area contributed by atoms with Gasteiger partial charge in [-0.1, -0.05) is 44.2 Å². The van der Waals surface area contributed by atoms with E-state index in [-0.39, 0.29) is 43.0 Å². The minimum Gasteiger partial charge on any atom is -0.341 e. The van der Waals surface area contributed by atoms with Crippen molar-refractivity contribution in [2.24, 2.45) is 5.92 Å². The van der Waals surface area contributed by atoms with Crippen molar-refractivity contribution in [3.63, 3.8) is 0 Å². The maximum atomic E-state index is 13.5. The van der Waals surface area contributed by atoms with Crippen molar-refractivity contribution in [1.29, 1.82) is 0 Å². The average molecular weight is 574 g/mol. The molecule has 2 aromatic rings. The molecular weight excluding hydrogens is 537 g/mol. The monoisotopic (exact) mass is 573 g/mol. The maximum Gasteiger partial charge on any atom is 0.322 e. The number of carbonyl (C=O) groups excluding carboxylic acids is 4. The van der Waals surface area contributed by atoms with E-state index in [9.17, 15) is 23.6 Å². The molecule has 5 amide bonds. The summed E-state index contributed by atoms with van der Waals surface area (Å²) in [6, 6.07) is 12.5. The van der Waals surface area contributed by atoms with Gasteiger partial charge in [-0.25, -0.2) is 9.18 Å². The molecule has 0 aliphatic carbocycles. The Hall–Kier alpha value is -3.50. The second-order valence-corrected chi connectivity index (χ2v) is 10.5. The topological polar surface area (TPSA) is 111 Å². The number of nitrogens with one attached hydrogen (secondary N) is 3. The zero-order valence-electron chi connectivity index (χ0n) is 22.9. The second kappa shape index (κ2) is 13.7. The van der Waals surface area contributed by atoms with Crippen molar-refractivity contribution in [2.45, 2.75) is 51.6 Å². The number of halogens is 2. The number of hydrogen-bond donors (Lipinski definition) is 3. The Balaban J connectivity index is 0.00000441. The highest BCUT2D eigenvalue weighted by atomic mass is 35.5. The summed E-state index contributed by atoms with van der Waals surface area (Å²) in [5.41, 5.74) is 0.879. The predicted octanol–water partition coefficient (Wildman–Crippen LogP) is 3.46. The van der Waals surface area contributed by atoms with Crippen LogP contribution in [0.15, 0.2) is 48.5 Å². The van der Waals surface area contributed by atoms with Crippen molar-refractivity contribution in [3.8, 4) is 0 Å². The van der Waals surface area contributed by atoms with E-state index in [2.05, 4.69) is 16.0 Å². The van der Waals surface area contributed by atoms with Gasteiger partial charge in [-0.15, -0.1) is 12.4 Å². The largest absolute Gasteiger partial charge is 0.341 e. The molecule has 1 unspecified atom stereocenters. The molecule has 3 N–H and O–H groups in total. The molecule has 40 heavy (non-hydrogen) atoms. The van der Waals surface area contributed by atoms with Gasteiger partial charge in [-0.05, 0) is 48.1 Å². The summed E-state index contributed by atoms with van der Waals surface area (Å²) in [6.45, 7) is 6.53. The number of nitrogens with zero attached hydrogens (tertiary/aromatic N) is 2. The van der Waals surface area contributed by atoms with Gasteiger partial charge in [0.05, 0.1) is 0 Å². The van der Waals surface area contributed by atoms with E-state index >= 15 is 0 Å². The minimum atomic E-state index is -1.45. The quantitative estimate of drug-likeness (QED) is 0.458. The Morgan fingerprint density at radius 1 is 1.00 bits per heavy atom. The third kappa shape index (κ3) is 7.17. The van der Waals surface area contributed by atoms with E-state index in [0.717, 1.165) is 11.3 Å². The van der Waals surface area contributed by atoms with Crippen LogP contribution >= 0.6 is 12.4 Å². The van der Waals surface area contributed by atoms with E-state index in [1.807, 2.05) is 43.0 Å².